The van der Waals surface area contributed by atoms with E-state index in [1.807, 2.05) is 12.1 Å². The molecule has 1 aliphatic heterocycles. The van der Waals surface area contributed by atoms with Gasteiger partial charge in [0, 0.05) is 37.1 Å². The molecule has 166 valence electrons. The number of carbonyl (C=O) groups is 2. The lowest BCUT2D eigenvalue weighted by Gasteiger charge is -2.28. The van der Waals surface area contributed by atoms with Crippen molar-refractivity contribution in [3.05, 3.63) is 78.3 Å². The first kappa shape index (κ1) is 21.5. The Morgan fingerprint density at radius 1 is 1.00 bits per heavy atom. The van der Waals surface area contributed by atoms with Gasteiger partial charge in [-0.05, 0) is 42.0 Å². The first-order valence-corrected chi connectivity index (χ1v) is 10.4. The van der Waals surface area contributed by atoms with Gasteiger partial charge < -0.3 is 29.4 Å². The molecule has 0 atom stereocenters. The lowest BCUT2D eigenvalue weighted by molar-refractivity contribution is -0.123. The number of morpholine rings is 1. The van der Waals surface area contributed by atoms with Crippen LogP contribution in [0.3, 0.4) is 0 Å². The van der Waals surface area contributed by atoms with Gasteiger partial charge in [-0.25, -0.2) is 0 Å². The SMILES string of the molecule is O=C(COc1cccc(NC(=O)c2ccco2)c1)NCc1ccc(N2CCOCC2)cc1. The molecular formula is C24H25N3O5. The van der Waals surface area contributed by atoms with E-state index >= 15 is 0 Å². The molecular weight excluding hydrogens is 410 g/mol. The van der Waals surface area contributed by atoms with Crippen LogP contribution in [0.1, 0.15) is 16.1 Å². The summed E-state index contributed by atoms with van der Waals surface area (Å²) in [6, 6.07) is 18.2. The topological polar surface area (TPSA) is 93.0 Å². The van der Waals surface area contributed by atoms with Crippen molar-refractivity contribution in [1.82, 2.24) is 5.32 Å². The molecule has 2 amide bonds. The summed E-state index contributed by atoms with van der Waals surface area (Å²) < 4.78 is 16.0. The Hall–Kier alpha value is -3.78. The number of nitrogens with zero attached hydrogens (tertiary/aromatic N) is 1. The fourth-order valence-corrected chi connectivity index (χ4v) is 3.31. The van der Waals surface area contributed by atoms with Crippen molar-refractivity contribution < 1.29 is 23.5 Å². The van der Waals surface area contributed by atoms with Crippen LogP contribution in [0, 0.1) is 0 Å². The highest BCUT2D eigenvalue weighted by atomic mass is 16.5. The van der Waals surface area contributed by atoms with Crippen LogP contribution in [-0.4, -0.2) is 44.7 Å². The number of rotatable bonds is 8. The molecule has 0 unspecified atom stereocenters. The molecule has 0 aliphatic carbocycles. The smallest absolute Gasteiger partial charge is 0.291 e. The van der Waals surface area contributed by atoms with Crippen molar-refractivity contribution in [2.45, 2.75) is 6.54 Å². The fourth-order valence-electron chi connectivity index (χ4n) is 3.31. The van der Waals surface area contributed by atoms with Gasteiger partial charge in [0.25, 0.3) is 11.8 Å². The van der Waals surface area contributed by atoms with Gasteiger partial charge in [0.1, 0.15) is 5.75 Å². The molecule has 2 N–H and O–H groups in total. The van der Waals surface area contributed by atoms with E-state index in [1.54, 1.807) is 36.4 Å². The van der Waals surface area contributed by atoms with Crippen LogP contribution >= 0.6 is 0 Å². The van der Waals surface area contributed by atoms with Crippen molar-refractivity contribution in [2.75, 3.05) is 43.1 Å². The summed E-state index contributed by atoms with van der Waals surface area (Å²) in [6.07, 6.45) is 1.44. The van der Waals surface area contributed by atoms with E-state index in [9.17, 15) is 9.59 Å². The highest BCUT2D eigenvalue weighted by Crippen LogP contribution is 2.19. The summed E-state index contributed by atoms with van der Waals surface area (Å²) in [5.41, 5.74) is 2.72. The normalized spacial score (nSPS) is 13.4. The van der Waals surface area contributed by atoms with Gasteiger partial charge in [0.15, 0.2) is 12.4 Å². The number of hydrogen-bond acceptors (Lipinski definition) is 6. The monoisotopic (exact) mass is 435 g/mol. The molecule has 8 nitrogen and oxygen atoms in total. The zero-order valence-corrected chi connectivity index (χ0v) is 17.6. The van der Waals surface area contributed by atoms with E-state index < -0.39 is 0 Å². The van der Waals surface area contributed by atoms with Crippen LogP contribution in [0.15, 0.2) is 71.3 Å². The Kier molecular flexibility index (Phi) is 7.04. The van der Waals surface area contributed by atoms with Crippen molar-refractivity contribution in [3.8, 4) is 5.75 Å². The molecule has 8 heteroatoms. The summed E-state index contributed by atoms with van der Waals surface area (Å²) >= 11 is 0. The molecule has 2 aromatic carbocycles. The molecule has 3 aromatic rings. The average Bonchev–Trinajstić information content (AvgIpc) is 3.38. The van der Waals surface area contributed by atoms with Crippen molar-refractivity contribution in [1.29, 1.82) is 0 Å². The van der Waals surface area contributed by atoms with E-state index in [0.29, 0.717) is 18.0 Å². The minimum absolute atomic E-state index is 0.124. The van der Waals surface area contributed by atoms with Gasteiger partial charge in [-0.2, -0.15) is 0 Å². The highest BCUT2D eigenvalue weighted by molar-refractivity contribution is 6.02. The number of hydrogen-bond donors (Lipinski definition) is 2. The number of benzene rings is 2. The number of furan rings is 1. The summed E-state index contributed by atoms with van der Waals surface area (Å²) in [5, 5.41) is 5.58. The second-order valence-electron chi connectivity index (χ2n) is 7.29. The number of nitrogens with one attached hydrogen (secondary N) is 2. The molecule has 2 heterocycles. The van der Waals surface area contributed by atoms with Crippen LogP contribution in [0.4, 0.5) is 11.4 Å². The Morgan fingerprint density at radius 3 is 2.56 bits per heavy atom. The van der Waals surface area contributed by atoms with E-state index in [-0.39, 0.29) is 24.2 Å². The van der Waals surface area contributed by atoms with E-state index in [4.69, 9.17) is 13.9 Å². The summed E-state index contributed by atoms with van der Waals surface area (Å²) in [4.78, 5) is 26.5. The molecule has 0 spiro atoms. The second-order valence-corrected chi connectivity index (χ2v) is 7.29. The quantitative estimate of drug-likeness (QED) is 0.565. The van der Waals surface area contributed by atoms with Gasteiger partial charge >= 0.3 is 0 Å². The highest BCUT2D eigenvalue weighted by Gasteiger charge is 2.12. The summed E-state index contributed by atoms with van der Waals surface area (Å²) in [5.74, 6) is 0.109. The number of amides is 2. The Bertz CT molecular complexity index is 1030. The average molecular weight is 435 g/mol. The maximum atomic E-state index is 12.2. The Balaban J connectivity index is 1.22. The van der Waals surface area contributed by atoms with Crippen LogP contribution in [0.25, 0.3) is 0 Å². The fraction of sp³-hybridized carbons (Fsp3) is 0.250. The molecule has 1 fully saturated rings. The van der Waals surface area contributed by atoms with Gasteiger partial charge in [-0.3, -0.25) is 9.59 Å². The third-order valence-corrected chi connectivity index (χ3v) is 5.01. The van der Waals surface area contributed by atoms with E-state index in [0.717, 1.165) is 37.6 Å². The number of anilines is 2. The molecule has 1 saturated heterocycles. The largest absolute Gasteiger partial charge is 0.484 e. The third kappa shape index (κ3) is 5.89. The summed E-state index contributed by atoms with van der Waals surface area (Å²) in [6.45, 7) is 3.57. The first-order valence-electron chi connectivity index (χ1n) is 10.4. The van der Waals surface area contributed by atoms with Crippen LogP contribution < -0.4 is 20.3 Å². The minimum atomic E-state index is -0.357. The van der Waals surface area contributed by atoms with Gasteiger partial charge in [0.05, 0.1) is 19.5 Å². The third-order valence-electron chi connectivity index (χ3n) is 5.01. The predicted octanol–water partition coefficient (Wildman–Crippen LogP) is 3.06. The van der Waals surface area contributed by atoms with E-state index in [1.165, 1.54) is 6.26 Å². The van der Waals surface area contributed by atoms with Crippen LogP contribution in [0.2, 0.25) is 0 Å². The minimum Gasteiger partial charge on any atom is -0.484 e. The van der Waals surface area contributed by atoms with Crippen LogP contribution in [-0.2, 0) is 16.1 Å². The van der Waals surface area contributed by atoms with Crippen molar-refractivity contribution >= 4 is 23.2 Å². The maximum Gasteiger partial charge on any atom is 0.291 e. The second kappa shape index (κ2) is 10.5. The lowest BCUT2D eigenvalue weighted by Crippen LogP contribution is -2.36. The van der Waals surface area contributed by atoms with Crippen molar-refractivity contribution in [2.24, 2.45) is 0 Å². The van der Waals surface area contributed by atoms with Gasteiger partial charge in [-0.15, -0.1) is 0 Å². The van der Waals surface area contributed by atoms with Gasteiger partial charge in [-0.1, -0.05) is 18.2 Å². The van der Waals surface area contributed by atoms with E-state index in [2.05, 4.69) is 27.7 Å². The molecule has 0 saturated carbocycles. The lowest BCUT2D eigenvalue weighted by atomic mass is 10.2. The van der Waals surface area contributed by atoms with Gasteiger partial charge in [0.2, 0.25) is 0 Å². The molecule has 32 heavy (non-hydrogen) atoms. The predicted molar refractivity (Wildman–Crippen MR) is 120 cm³/mol. The molecule has 0 radical (unpaired) electrons. The van der Waals surface area contributed by atoms with Crippen molar-refractivity contribution in [3.63, 3.8) is 0 Å². The van der Waals surface area contributed by atoms with Crippen LogP contribution in [0.5, 0.6) is 5.75 Å². The Labute approximate surface area is 186 Å². The Morgan fingerprint density at radius 2 is 1.81 bits per heavy atom. The molecule has 1 aliphatic rings. The molecule has 1 aromatic heterocycles. The number of ether oxygens (including phenoxy) is 2. The summed E-state index contributed by atoms with van der Waals surface area (Å²) in [7, 11) is 0. The first-order chi connectivity index (χ1) is 15.7. The zero-order chi connectivity index (χ0) is 22.2. The standard InChI is InChI=1S/C24H25N3O5/c28-23(25-16-18-6-8-20(9-7-18)27-10-13-30-14-11-27)17-32-21-4-1-3-19(15-21)26-24(29)22-5-2-12-31-22/h1-9,12,15H,10-11,13-14,16-17H2,(H,25,28)(H,26,29). The molecule has 4 rings (SSSR count). The maximum absolute atomic E-state index is 12.2. The zero-order valence-electron chi connectivity index (χ0n) is 17.6. The number of carbonyl (C=O) groups excluding carboxylic acids is 2. The molecule has 0 bridgehead atoms.